The van der Waals surface area contributed by atoms with E-state index in [1.165, 1.54) is 0 Å². The van der Waals surface area contributed by atoms with Gasteiger partial charge >= 0.3 is 0 Å². The third-order valence-corrected chi connectivity index (χ3v) is 4.08. The van der Waals surface area contributed by atoms with Crippen molar-refractivity contribution >= 4 is 17.5 Å². The summed E-state index contributed by atoms with van der Waals surface area (Å²) in [6.07, 6.45) is 0. The van der Waals surface area contributed by atoms with Crippen LogP contribution in [-0.2, 0) is 4.79 Å². The van der Waals surface area contributed by atoms with Crippen LogP contribution in [0.3, 0.4) is 0 Å². The van der Waals surface area contributed by atoms with Gasteiger partial charge in [-0.3, -0.25) is 4.79 Å². The molecule has 106 valence electrons. The van der Waals surface area contributed by atoms with Crippen LogP contribution >= 0.6 is 11.6 Å². The number of hydrogen-bond donors (Lipinski definition) is 2. The van der Waals surface area contributed by atoms with E-state index in [-0.39, 0.29) is 23.3 Å². The average Bonchev–Trinajstić information content (AvgIpc) is 2.37. The number of nitrogens with two attached hydrogens (primary N) is 1. The molecule has 1 amide bonds. The molecule has 3 nitrogen and oxygen atoms in total. The van der Waals surface area contributed by atoms with Crippen molar-refractivity contribution in [2.24, 2.45) is 11.7 Å². The van der Waals surface area contributed by atoms with Gasteiger partial charge in [0.15, 0.2) is 0 Å². The normalized spacial score (nSPS) is 15.9. The maximum absolute atomic E-state index is 12.3. The second-order valence-corrected chi connectivity index (χ2v) is 5.98. The maximum Gasteiger partial charge on any atom is 0.227 e. The smallest absolute Gasteiger partial charge is 0.227 e. The van der Waals surface area contributed by atoms with Crippen LogP contribution < -0.4 is 11.1 Å². The van der Waals surface area contributed by atoms with Crippen molar-refractivity contribution in [3.05, 3.63) is 34.9 Å². The fraction of sp³-hybridized carbons (Fsp3) is 0.533. The first-order valence-electron chi connectivity index (χ1n) is 6.57. The zero-order chi connectivity index (χ0) is 14.6. The summed E-state index contributed by atoms with van der Waals surface area (Å²) >= 11 is 5.95. The van der Waals surface area contributed by atoms with Crippen molar-refractivity contribution in [2.75, 3.05) is 6.54 Å². The highest BCUT2D eigenvalue weighted by Gasteiger charge is 2.30. The van der Waals surface area contributed by atoms with Gasteiger partial charge in [0, 0.05) is 11.6 Å². The number of hydrogen-bond acceptors (Lipinski definition) is 2. The van der Waals surface area contributed by atoms with Gasteiger partial charge in [0.1, 0.15) is 0 Å². The molecular weight excluding hydrogens is 260 g/mol. The second-order valence-electron chi connectivity index (χ2n) is 5.54. The Kier molecular flexibility index (Phi) is 5.39. The van der Waals surface area contributed by atoms with Crippen molar-refractivity contribution in [3.63, 3.8) is 0 Å². The van der Waals surface area contributed by atoms with Crippen LogP contribution in [0.2, 0.25) is 5.02 Å². The molecule has 0 radical (unpaired) electrons. The fourth-order valence-electron chi connectivity index (χ4n) is 1.75. The summed E-state index contributed by atoms with van der Waals surface area (Å²) in [6.45, 7) is 8.37. The number of halogens is 1. The van der Waals surface area contributed by atoms with Gasteiger partial charge in [0.25, 0.3) is 0 Å². The predicted octanol–water partition coefficient (Wildman–Crippen LogP) is 2.93. The molecule has 0 aliphatic heterocycles. The Hall–Kier alpha value is -1.06. The molecule has 0 fully saturated rings. The average molecular weight is 283 g/mol. The Morgan fingerprint density at radius 3 is 2.53 bits per heavy atom. The molecule has 4 heteroatoms. The largest absolute Gasteiger partial charge is 0.349 e. The van der Waals surface area contributed by atoms with Crippen molar-refractivity contribution in [3.8, 4) is 0 Å². The van der Waals surface area contributed by atoms with Crippen molar-refractivity contribution < 1.29 is 4.79 Å². The number of carbonyl (C=O) groups is 1. The molecule has 2 unspecified atom stereocenters. The zero-order valence-electron chi connectivity index (χ0n) is 12.0. The van der Waals surface area contributed by atoms with Crippen LogP contribution in [0.1, 0.15) is 39.2 Å². The molecule has 3 N–H and O–H groups in total. The maximum atomic E-state index is 12.3. The molecular formula is C15H23ClN2O. The predicted molar refractivity (Wildman–Crippen MR) is 80.3 cm³/mol. The summed E-state index contributed by atoms with van der Waals surface area (Å²) in [6, 6.07) is 7.38. The van der Waals surface area contributed by atoms with E-state index in [1.807, 2.05) is 32.0 Å². The third kappa shape index (κ3) is 3.95. The summed E-state index contributed by atoms with van der Waals surface area (Å²) in [5.74, 6) is 0.000234. The van der Waals surface area contributed by atoms with Crippen LogP contribution in [0.15, 0.2) is 24.3 Å². The molecule has 0 bridgehead atoms. The Balaban J connectivity index is 2.83. The molecule has 0 aliphatic carbocycles. The van der Waals surface area contributed by atoms with Crippen molar-refractivity contribution in [1.82, 2.24) is 5.32 Å². The van der Waals surface area contributed by atoms with E-state index < -0.39 is 0 Å². The van der Waals surface area contributed by atoms with Gasteiger partial charge in [0.2, 0.25) is 5.91 Å². The minimum atomic E-state index is -0.385. The first-order valence-corrected chi connectivity index (χ1v) is 6.95. The molecule has 0 heterocycles. The number of carbonyl (C=O) groups excluding carboxylic acids is 1. The minimum Gasteiger partial charge on any atom is -0.349 e. The summed E-state index contributed by atoms with van der Waals surface area (Å²) < 4.78 is 0. The highest BCUT2D eigenvalue weighted by atomic mass is 35.5. The molecule has 0 saturated carbocycles. The summed E-state index contributed by atoms with van der Waals surface area (Å²) in [5, 5.41) is 3.69. The van der Waals surface area contributed by atoms with Crippen LogP contribution in [0.4, 0.5) is 0 Å². The van der Waals surface area contributed by atoms with E-state index in [2.05, 4.69) is 19.2 Å². The summed E-state index contributed by atoms with van der Waals surface area (Å²) in [4.78, 5) is 12.3. The lowest BCUT2D eigenvalue weighted by atomic mass is 9.87. The molecule has 2 atom stereocenters. The van der Waals surface area contributed by atoms with E-state index in [0.29, 0.717) is 11.6 Å². The van der Waals surface area contributed by atoms with Gasteiger partial charge < -0.3 is 11.1 Å². The Morgan fingerprint density at radius 1 is 1.42 bits per heavy atom. The quantitative estimate of drug-likeness (QED) is 0.872. The Morgan fingerprint density at radius 2 is 2.05 bits per heavy atom. The highest BCUT2D eigenvalue weighted by molar-refractivity contribution is 6.30. The van der Waals surface area contributed by atoms with Gasteiger partial charge in [0.05, 0.1) is 11.5 Å². The second kappa shape index (κ2) is 6.40. The topological polar surface area (TPSA) is 55.1 Å². The lowest BCUT2D eigenvalue weighted by molar-refractivity contribution is -0.124. The van der Waals surface area contributed by atoms with Crippen molar-refractivity contribution in [2.45, 2.75) is 39.2 Å². The molecule has 19 heavy (non-hydrogen) atoms. The van der Waals surface area contributed by atoms with Gasteiger partial charge in [-0.05, 0) is 37.5 Å². The number of benzene rings is 1. The van der Waals surface area contributed by atoms with E-state index in [0.717, 1.165) is 5.56 Å². The lowest BCUT2D eigenvalue weighted by Gasteiger charge is -2.34. The number of nitrogens with one attached hydrogen (secondary N) is 1. The molecule has 0 aliphatic rings. The Labute approximate surface area is 120 Å². The monoisotopic (exact) mass is 282 g/mol. The number of rotatable bonds is 5. The van der Waals surface area contributed by atoms with Crippen LogP contribution in [0, 0.1) is 5.92 Å². The standard InChI is InChI=1S/C15H23ClN2O/c1-10(2)15(4,9-17)18-14(19)11(3)12-6-5-7-13(16)8-12/h5-8,10-11H,9,17H2,1-4H3,(H,18,19). The molecule has 0 saturated heterocycles. The summed E-state index contributed by atoms with van der Waals surface area (Å²) in [5.41, 5.74) is 6.31. The van der Waals surface area contributed by atoms with Gasteiger partial charge in [-0.2, -0.15) is 0 Å². The SMILES string of the molecule is CC(C(=O)NC(C)(CN)C(C)C)c1cccc(Cl)c1. The van der Waals surface area contributed by atoms with Crippen LogP contribution in [0.25, 0.3) is 0 Å². The zero-order valence-corrected chi connectivity index (χ0v) is 12.8. The molecule has 0 spiro atoms. The molecule has 1 rings (SSSR count). The van der Waals surface area contributed by atoms with Crippen molar-refractivity contribution in [1.29, 1.82) is 0 Å². The first kappa shape index (κ1) is 16.0. The van der Waals surface area contributed by atoms with Gasteiger partial charge in [-0.1, -0.05) is 37.6 Å². The highest BCUT2D eigenvalue weighted by Crippen LogP contribution is 2.22. The number of amides is 1. The lowest BCUT2D eigenvalue weighted by Crippen LogP contribution is -2.55. The van der Waals surface area contributed by atoms with Crippen LogP contribution in [0.5, 0.6) is 0 Å². The Bertz CT molecular complexity index is 448. The first-order chi connectivity index (χ1) is 8.80. The van der Waals surface area contributed by atoms with Crippen LogP contribution in [-0.4, -0.2) is 18.0 Å². The summed E-state index contributed by atoms with van der Waals surface area (Å²) in [7, 11) is 0. The van der Waals surface area contributed by atoms with Gasteiger partial charge in [-0.25, -0.2) is 0 Å². The minimum absolute atomic E-state index is 0.0242. The van der Waals surface area contributed by atoms with E-state index in [4.69, 9.17) is 17.3 Å². The van der Waals surface area contributed by atoms with E-state index in [9.17, 15) is 4.79 Å². The molecule has 1 aromatic carbocycles. The van der Waals surface area contributed by atoms with E-state index >= 15 is 0 Å². The fourth-order valence-corrected chi connectivity index (χ4v) is 1.95. The molecule has 0 aromatic heterocycles. The van der Waals surface area contributed by atoms with Gasteiger partial charge in [-0.15, -0.1) is 0 Å². The molecule has 1 aromatic rings. The third-order valence-electron chi connectivity index (χ3n) is 3.85. The van der Waals surface area contributed by atoms with E-state index in [1.54, 1.807) is 6.07 Å².